The maximum Gasteiger partial charge on any atom is 0.138 e. The molecule has 4 aromatic rings. The molecule has 0 aliphatic heterocycles. The average molecular weight is 457 g/mol. The van der Waals surface area contributed by atoms with Gasteiger partial charge >= 0.3 is 0 Å². The average Bonchev–Trinajstić information content (AvgIpc) is 3.30. The van der Waals surface area contributed by atoms with Crippen LogP contribution in [0.15, 0.2) is 72.8 Å². The second-order valence-electron chi connectivity index (χ2n) is 8.56. The Morgan fingerprint density at radius 1 is 0.676 bits per heavy atom. The van der Waals surface area contributed by atoms with Crippen molar-refractivity contribution in [3.8, 4) is 39.7 Å². The monoisotopic (exact) mass is 456 g/mol. The van der Waals surface area contributed by atoms with E-state index in [9.17, 15) is 0 Å². The summed E-state index contributed by atoms with van der Waals surface area (Å²) in [6.07, 6.45) is 0. The Labute approximate surface area is 201 Å². The fraction of sp³-hybridized carbons (Fsp3) is 0.250. The largest absolute Gasteiger partial charge is 0.491 e. The summed E-state index contributed by atoms with van der Waals surface area (Å²) in [7, 11) is 9.85. The number of aromatic nitrogens is 2. The summed E-state index contributed by atoms with van der Waals surface area (Å²) in [6, 6.07) is 25.0. The van der Waals surface area contributed by atoms with E-state index in [-0.39, 0.29) is 0 Å². The Hall–Kier alpha value is -3.77. The van der Waals surface area contributed by atoms with E-state index in [1.165, 1.54) is 0 Å². The first-order valence-electron chi connectivity index (χ1n) is 11.3. The lowest BCUT2D eigenvalue weighted by Crippen LogP contribution is -2.08. The number of imidazole rings is 1. The maximum atomic E-state index is 5.70. The van der Waals surface area contributed by atoms with Gasteiger partial charge in [-0.25, -0.2) is 4.98 Å². The second kappa shape index (κ2) is 10.4. The molecule has 0 atom stereocenters. The van der Waals surface area contributed by atoms with Gasteiger partial charge in [0.25, 0.3) is 0 Å². The Morgan fingerprint density at radius 3 is 1.74 bits per heavy atom. The molecule has 0 aliphatic carbocycles. The minimum atomic E-state index is 0.525. The van der Waals surface area contributed by atoms with Crippen LogP contribution in [-0.4, -0.2) is 58.5 Å². The van der Waals surface area contributed by atoms with Crippen molar-refractivity contribution in [2.45, 2.75) is 0 Å². The SMILES string of the molecule is COCCOc1ccc(-c2nc(-c3ccc(N(C)C)cc3)c(-c3ccc(N(C)C)cc3)[nH]2)cc1. The number of methoxy groups -OCH3 is 1. The molecule has 0 saturated heterocycles. The number of anilines is 2. The van der Waals surface area contributed by atoms with E-state index < -0.39 is 0 Å². The number of nitrogens with zero attached hydrogens (tertiary/aromatic N) is 3. The van der Waals surface area contributed by atoms with E-state index in [0.717, 1.165) is 51.0 Å². The topological polar surface area (TPSA) is 53.6 Å². The van der Waals surface area contributed by atoms with Crippen LogP contribution in [0.3, 0.4) is 0 Å². The molecule has 6 nitrogen and oxygen atoms in total. The minimum Gasteiger partial charge on any atom is -0.491 e. The highest BCUT2D eigenvalue weighted by Gasteiger charge is 2.16. The van der Waals surface area contributed by atoms with E-state index in [1.807, 2.05) is 52.5 Å². The predicted octanol–water partition coefficient (Wildman–Crippen LogP) is 5.57. The number of hydrogen-bond acceptors (Lipinski definition) is 5. The van der Waals surface area contributed by atoms with Gasteiger partial charge in [-0.3, -0.25) is 0 Å². The standard InChI is InChI=1S/C28H32N4O2/c1-31(2)23-12-6-20(7-13-23)26-27(21-8-14-24(15-9-21)32(3)4)30-28(29-26)22-10-16-25(17-11-22)34-19-18-33-5/h6-17H,18-19H2,1-5H3,(H,29,30). The summed E-state index contributed by atoms with van der Waals surface area (Å²) in [6.45, 7) is 1.09. The van der Waals surface area contributed by atoms with Gasteiger partial charge in [0.05, 0.1) is 18.0 Å². The number of nitrogens with one attached hydrogen (secondary N) is 1. The lowest BCUT2D eigenvalue weighted by atomic mass is 10.0. The third kappa shape index (κ3) is 5.24. The maximum absolute atomic E-state index is 5.70. The summed E-state index contributed by atoms with van der Waals surface area (Å²) in [5.41, 5.74) is 7.40. The van der Waals surface area contributed by atoms with Gasteiger partial charge in [0.2, 0.25) is 0 Å². The van der Waals surface area contributed by atoms with Crippen LogP contribution in [0.5, 0.6) is 5.75 Å². The Balaban J connectivity index is 1.72. The molecule has 0 fully saturated rings. The van der Waals surface area contributed by atoms with Crippen molar-refractivity contribution in [1.29, 1.82) is 0 Å². The molecule has 0 radical (unpaired) electrons. The molecular formula is C28H32N4O2. The predicted molar refractivity (Wildman–Crippen MR) is 141 cm³/mol. The lowest BCUT2D eigenvalue weighted by Gasteiger charge is -2.13. The minimum absolute atomic E-state index is 0.525. The molecule has 4 rings (SSSR count). The lowest BCUT2D eigenvalue weighted by molar-refractivity contribution is 0.146. The number of H-pyrrole nitrogens is 1. The number of ether oxygens (including phenoxy) is 2. The van der Waals surface area contributed by atoms with E-state index in [1.54, 1.807) is 7.11 Å². The van der Waals surface area contributed by atoms with Crippen molar-refractivity contribution in [3.63, 3.8) is 0 Å². The van der Waals surface area contributed by atoms with Crippen molar-refractivity contribution in [2.75, 3.05) is 58.3 Å². The molecule has 3 aromatic carbocycles. The first-order valence-corrected chi connectivity index (χ1v) is 11.3. The van der Waals surface area contributed by atoms with E-state index in [4.69, 9.17) is 14.5 Å². The third-order valence-electron chi connectivity index (χ3n) is 5.72. The molecule has 0 unspecified atom stereocenters. The molecule has 1 N–H and O–H groups in total. The highest BCUT2D eigenvalue weighted by Crippen LogP contribution is 2.34. The Kier molecular flexibility index (Phi) is 7.18. The zero-order valence-electron chi connectivity index (χ0n) is 20.5. The smallest absolute Gasteiger partial charge is 0.138 e. The fourth-order valence-corrected chi connectivity index (χ4v) is 3.72. The van der Waals surface area contributed by atoms with Crippen molar-refractivity contribution in [3.05, 3.63) is 72.8 Å². The molecule has 0 bridgehead atoms. The van der Waals surface area contributed by atoms with Crippen LogP contribution < -0.4 is 14.5 Å². The molecule has 6 heteroatoms. The normalized spacial score (nSPS) is 10.9. The molecule has 0 aliphatic rings. The molecule has 0 amide bonds. The summed E-state index contributed by atoms with van der Waals surface area (Å²) in [4.78, 5) is 12.8. The van der Waals surface area contributed by atoms with Gasteiger partial charge in [-0.1, -0.05) is 24.3 Å². The van der Waals surface area contributed by atoms with Gasteiger partial charge in [0.1, 0.15) is 18.2 Å². The van der Waals surface area contributed by atoms with Crippen LogP contribution >= 0.6 is 0 Å². The quantitative estimate of drug-likeness (QED) is 0.334. The first kappa shape index (κ1) is 23.4. The van der Waals surface area contributed by atoms with Crippen LogP contribution in [0.1, 0.15) is 0 Å². The van der Waals surface area contributed by atoms with Crippen LogP contribution in [0.2, 0.25) is 0 Å². The zero-order chi connectivity index (χ0) is 24.1. The van der Waals surface area contributed by atoms with Crippen molar-refractivity contribution >= 4 is 11.4 Å². The van der Waals surface area contributed by atoms with Crippen LogP contribution in [0, 0.1) is 0 Å². The van der Waals surface area contributed by atoms with Crippen LogP contribution in [-0.2, 0) is 4.74 Å². The summed E-state index contributed by atoms with van der Waals surface area (Å²) in [5.74, 6) is 1.63. The van der Waals surface area contributed by atoms with Crippen molar-refractivity contribution in [2.24, 2.45) is 0 Å². The molecular weight excluding hydrogens is 424 g/mol. The highest BCUT2D eigenvalue weighted by molar-refractivity contribution is 5.82. The van der Waals surface area contributed by atoms with Gasteiger partial charge in [0, 0.05) is 63.4 Å². The van der Waals surface area contributed by atoms with Crippen molar-refractivity contribution < 1.29 is 9.47 Å². The highest BCUT2D eigenvalue weighted by atomic mass is 16.5. The number of hydrogen-bond donors (Lipinski definition) is 1. The van der Waals surface area contributed by atoms with Gasteiger partial charge < -0.3 is 24.3 Å². The van der Waals surface area contributed by atoms with Crippen LogP contribution in [0.25, 0.3) is 33.9 Å². The Morgan fingerprint density at radius 2 is 1.21 bits per heavy atom. The summed E-state index contributed by atoms with van der Waals surface area (Å²) < 4.78 is 10.8. The number of aromatic amines is 1. The molecule has 176 valence electrons. The fourth-order valence-electron chi connectivity index (χ4n) is 3.72. The van der Waals surface area contributed by atoms with Gasteiger partial charge in [-0.2, -0.15) is 0 Å². The van der Waals surface area contributed by atoms with E-state index >= 15 is 0 Å². The van der Waals surface area contributed by atoms with Crippen LogP contribution in [0.4, 0.5) is 11.4 Å². The zero-order valence-corrected chi connectivity index (χ0v) is 20.5. The Bertz CT molecular complexity index is 1130. The molecule has 0 saturated carbocycles. The number of rotatable bonds is 9. The molecule has 1 heterocycles. The van der Waals surface area contributed by atoms with Gasteiger partial charge in [0.15, 0.2) is 0 Å². The van der Waals surface area contributed by atoms with Gasteiger partial charge in [-0.05, 0) is 48.5 Å². The summed E-state index contributed by atoms with van der Waals surface area (Å²) in [5, 5.41) is 0. The number of benzene rings is 3. The van der Waals surface area contributed by atoms with Crippen molar-refractivity contribution in [1.82, 2.24) is 9.97 Å². The summed E-state index contributed by atoms with van der Waals surface area (Å²) >= 11 is 0. The molecule has 34 heavy (non-hydrogen) atoms. The van der Waals surface area contributed by atoms with E-state index in [2.05, 4.69) is 63.3 Å². The molecule has 0 spiro atoms. The first-order chi connectivity index (χ1) is 16.5. The van der Waals surface area contributed by atoms with E-state index in [0.29, 0.717) is 13.2 Å². The van der Waals surface area contributed by atoms with Gasteiger partial charge in [-0.15, -0.1) is 0 Å². The second-order valence-corrected chi connectivity index (χ2v) is 8.56. The molecule has 1 aromatic heterocycles. The third-order valence-corrected chi connectivity index (χ3v) is 5.72.